The Kier molecular flexibility index (Phi) is 13.8. The van der Waals surface area contributed by atoms with Crippen molar-refractivity contribution in [2.45, 2.75) is 84.6 Å². The number of carbonyl (C=O) groups is 3. The van der Waals surface area contributed by atoms with E-state index in [0.717, 1.165) is 32.9 Å². The lowest BCUT2D eigenvalue weighted by Crippen LogP contribution is -2.48. The molecule has 0 spiro atoms. The van der Waals surface area contributed by atoms with E-state index in [1.165, 1.54) is 9.80 Å². The Labute approximate surface area is 347 Å². The lowest BCUT2D eigenvalue weighted by atomic mass is 9.91. The summed E-state index contributed by atoms with van der Waals surface area (Å²) in [6.07, 6.45) is 3.49. The molecule has 1 saturated heterocycles. The number of benzene rings is 2. The summed E-state index contributed by atoms with van der Waals surface area (Å²) in [4.78, 5) is 51.7. The van der Waals surface area contributed by atoms with Gasteiger partial charge in [-0.1, -0.05) is 42.5 Å². The molecule has 3 N–H and O–H groups in total. The molecule has 59 heavy (non-hydrogen) atoms. The summed E-state index contributed by atoms with van der Waals surface area (Å²) >= 11 is 1.55. The number of nitrogens with one attached hydrogen (secondary N) is 2. The van der Waals surface area contributed by atoms with E-state index in [2.05, 4.69) is 32.9 Å². The highest BCUT2D eigenvalue weighted by atomic mass is 32.1. The number of β-amino-alcohol motifs (C(OH)–C–C–N with tert-alkyl or cyclic N) is 1. The molecule has 3 aromatic heterocycles. The molecule has 4 heterocycles. The molecule has 15 nitrogen and oxygen atoms in total. The number of likely N-dealkylation sites (tertiary alicyclic amines) is 1. The number of nitrogens with zero attached hydrogens (tertiary/aromatic N) is 6. The second-order valence-corrected chi connectivity index (χ2v) is 16.3. The first-order valence-electron chi connectivity index (χ1n) is 19.7. The van der Waals surface area contributed by atoms with Crippen molar-refractivity contribution in [3.05, 3.63) is 83.5 Å². The molecular formula is C43H50N8O7S. The molecule has 2 aromatic carbocycles. The summed E-state index contributed by atoms with van der Waals surface area (Å²) in [5.74, 6) is -0.542. The molecule has 0 bridgehead atoms. The van der Waals surface area contributed by atoms with Crippen LogP contribution in [0.4, 0.5) is 15.6 Å². The monoisotopic (exact) mass is 822 g/mol. The number of aliphatic hydroxyl groups excluding tert-OH is 1. The van der Waals surface area contributed by atoms with Crippen molar-refractivity contribution in [2.24, 2.45) is 5.92 Å². The molecule has 0 aliphatic carbocycles. The minimum atomic E-state index is -0.861. The molecule has 1 aliphatic heterocycles. The van der Waals surface area contributed by atoms with E-state index in [4.69, 9.17) is 19.0 Å². The van der Waals surface area contributed by atoms with Gasteiger partial charge in [0.05, 0.1) is 58.2 Å². The topological polar surface area (TPSA) is 196 Å². The standard InChI is InChI=1S/C43H50N8O7S/c1-25(2)39(37-15-27(5)49-58-37)41(54)51-24-33(52)19-35(51)40(53)47-22-30-10-9-28(20-44)16-36(30)56-14-8-7-13-46-42-48-34-12-11-29(18-38(34)59-42)31-17-32(23-45-21-31)50(6)43(55)57-26(3)4/h9-12,15-18,21,23,25-26,33,35,39,52H,7-8,13-14,19,22,24H2,1-6H3,(H,46,48)(H,47,53)/t33-,35+,39-/m1/s1. The number of pyridine rings is 1. The van der Waals surface area contributed by atoms with Crippen molar-refractivity contribution in [3.63, 3.8) is 0 Å². The van der Waals surface area contributed by atoms with Crippen LogP contribution in [0.15, 0.2) is 65.4 Å². The van der Waals surface area contributed by atoms with Gasteiger partial charge in [0.2, 0.25) is 11.8 Å². The number of aliphatic hydroxyl groups is 1. The number of carbonyl (C=O) groups excluding carboxylic acids is 3. The number of fused-ring (bicyclic) bond motifs is 1. The molecule has 0 unspecified atom stereocenters. The molecule has 0 saturated carbocycles. The first-order chi connectivity index (χ1) is 28.3. The first-order valence-corrected chi connectivity index (χ1v) is 20.5. The van der Waals surface area contributed by atoms with Gasteiger partial charge in [0, 0.05) is 56.5 Å². The van der Waals surface area contributed by atoms with Gasteiger partial charge in [-0.3, -0.25) is 19.5 Å². The van der Waals surface area contributed by atoms with Crippen LogP contribution in [0.3, 0.4) is 0 Å². The van der Waals surface area contributed by atoms with Gasteiger partial charge in [0.15, 0.2) is 5.13 Å². The second kappa shape index (κ2) is 19.1. The lowest BCUT2D eigenvalue weighted by Gasteiger charge is -2.28. The van der Waals surface area contributed by atoms with Crippen LogP contribution < -0.4 is 20.3 Å². The third-order valence-electron chi connectivity index (χ3n) is 9.95. The van der Waals surface area contributed by atoms with Crippen LogP contribution in [-0.2, 0) is 20.9 Å². The van der Waals surface area contributed by atoms with E-state index in [9.17, 15) is 24.8 Å². The smallest absolute Gasteiger partial charge is 0.414 e. The predicted octanol–water partition coefficient (Wildman–Crippen LogP) is 6.80. The van der Waals surface area contributed by atoms with Crippen LogP contribution in [0.1, 0.15) is 75.5 Å². The zero-order valence-electron chi connectivity index (χ0n) is 34.1. The van der Waals surface area contributed by atoms with Gasteiger partial charge < -0.3 is 34.6 Å². The largest absolute Gasteiger partial charge is 0.493 e. The van der Waals surface area contributed by atoms with Crippen molar-refractivity contribution in [1.29, 1.82) is 5.26 Å². The fourth-order valence-corrected chi connectivity index (χ4v) is 7.82. The Morgan fingerprint density at radius 3 is 2.63 bits per heavy atom. The fraction of sp³-hybridized carbons (Fsp3) is 0.419. The molecular weight excluding hydrogens is 773 g/mol. The van der Waals surface area contributed by atoms with Gasteiger partial charge in [-0.05, 0) is 75.4 Å². The Hall–Kier alpha value is -6.05. The van der Waals surface area contributed by atoms with Crippen molar-refractivity contribution in [3.8, 4) is 22.9 Å². The molecule has 1 fully saturated rings. The molecule has 3 amide bonds. The van der Waals surface area contributed by atoms with Crippen LogP contribution >= 0.6 is 11.3 Å². The third-order valence-corrected chi connectivity index (χ3v) is 10.9. The maximum atomic E-state index is 13.8. The quantitative estimate of drug-likeness (QED) is 0.0883. The Morgan fingerprint density at radius 2 is 1.90 bits per heavy atom. The number of thiazole rings is 1. The average molecular weight is 823 g/mol. The van der Waals surface area contributed by atoms with E-state index >= 15 is 0 Å². The predicted molar refractivity (Wildman–Crippen MR) is 224 cm³/mol. The van der Waals surface area contributed by atoms with E-state index in [-0.39, 0.29) is 37.4 Å². The Morgan fingerprint density at radius 1 is 1.08 bits per heavy atom. The number of amides is 3. The second-order valence-electron chi connectivity index (χ2n) is 15.2. The molecule has 0 radical (unpaired) electrons. The molecule has 310 valence electrons. The number of unbranched alkanes of at least 4 members (excludes halogenated alkanes) is 1. The number of aryl methyl sites for hydroxylation is 1. The van der Waals surface area contributed by atoms with Crippen LogP contribution in [0.25, 0.3) is 21.3 Å². The van der Waals surface area contributed by atoms with Crippen molar-refractivity contribution >= 4 is 50.3 Å². The number of hydrogen-bond donors (Lipinski definition) is 3. The highest BCUT2D eigenvalue weighted by Crippen LogP contribution is 2.33. The van der Waals surface area contributed by atoms with Gasteiger partial charge in [-0.15, -0.1) is 0 Å². The molecule has 6 rings (SSSR count). The Balaban J connectivity index is 1.00. The van der Waals surface area contributed by atoms with Crippen LogP contribution in [0.2, 0.25) is 0 Å². The molecule has 16 heteroatoms. The zero-order chi connectivity index (χ0) is 42.2. The van der Waals surface area contributed by atoms with Crippen molar-refractivity contribution in [2.75, 3.05) is 37.0 Å². The number of hydrogen-bond acceptors (Lipinski definition) is 13. The highest BCUT2D eigenvalue weighted by Gasteiger charge is 2.43. The number of rotatable bonds is 16. The fourth-order valence-electron chi connectivity index (χ4n) is 6.89. The normalized spacial score (nSPS) is 15.6. The third kappa shape index (κ3) is 10.5. The maximum Gasteiger partial charge on any atom is 0.414 e. The number of aromatic nitrogens is 3. The van der Waals surface area contributed by atoms with Gasteiger partial charge in [-0.2, -0.15) is 5.26 Å². The van der Waals surface area contributed by atoms with E-state index in [1.54, 1.807) is 75.8 Å². The highest BCUT2D eigenvalue weighted by molar-refractivity contribution is 7.22. The van der Waals surface area contributed by atoms with Gasteiger partial charge in [-0.25, -0.2) is 9.78 Å². The molecule has 3 atom stereocenters. The summed E-state index contributed by atoms with van der Waals surface area (Å²) in [7, 11) is 1.66. The van der Waals surface area contributed by atoms with Gasteiger partial charge >= 0.3 is 6.09 Å². The van der Waals surface area contributed by atoms with Crippen molar-refractivity contribution < 1.29 is 33.5 Å². The van der Waals surface area contributed by atoms with E-state index < -0.39 is 30.1 Å². The van der Waals surface area contributed by atoms with Gasteiger partial charge in [0.1, 0.15) is 23.5 Å². The minimum absolute atomic E-state index is 0.0404. The summed E-state index contributed by atoms with van der Waals surface area (Å²) in [6, 6.07) is 16.0. The lowest BCUT2D eigenvalue weighted by molar-refractivity contribution is -0.141. The molecule has 5 aromatic rings. The molecule has 1 aliphatic rings. The SMILES string of the molecule is Cc1cc([C@H](C(=O)N2C[C@H](O)C[C@H]2C(=O)NCc2ccc(C#N)cc2OCCCCNc2nc3ccc(-c4cncc(N(C)C(=O)OC(C)C)c4)cc3s2)C(C)C)on1. The zero-order valence-corrected chi connectivity index (χ0v) is 34.9. The maximum absolute atomic E-state index is 13.8. The summed E-state index contributed by atoms with van der Waals surface area (Å²) in [5, 5.41) is 31.1. The summed E-state index contributed by atoms with van der Waals surface area (Å²) < 4.78 is 17.9. The van der Waals surface area contributed by atoms with Crippen LogP contribution in [0, 0.1) is 24.2 Å². The van der Waals surface area contributed by atoms with E-state index in [1.807, 2.05) is 32.0 Å². The number of ether oxygens (including phenoxy) is 2. The average Bonchev–Trinajstić information content (AvgIpc) is 3.95. The Bertz CT molecular complexity index is 2320. The minimum Gasteiger partial charge on any atom is -0.493 e. The van der Waals surface area contributed by atoms with Crippen molar-refractivity contribution in [1.82, 2.24) is 25.3 Å². The van der Waals surface area contributed by atoms with E-state index in [0.29, 0.717) is 53.6 Å². The van der Waals surface area contributed by atoms with Crippen LogP contribution in [0.5, 0.6) is 5.75 Å². The van der Waals surface area contributed by atoms with Gasteiger partial charge in [0.25, 0.3) is 0 Å². The number of anilines is 2. The summed E-state index contributed by atoms with van der Waals surface area (Å²) in [5.41, 5.74) is 5.08. The first kappa shape index (κ1) is 42.6. The number of nitriles is 1. The summed E-state index contributed by atoms with van der Waals surface area (Å²) in [6.45, 7) is 10.4. The van der Waals surface area contributed by atoms with Crippen LogP contribution in [-0.4, -0.2) is 88.0 Å².